The van der Waals surface area contributed by atoms with E-state index >= 15 is 0 Å². The molecule has 0 spiro atoms. The van der Waals surface area contributed by atoms with Crippen LogP contribution in [0.3, 0.4) is 0 Å². The molecule has 0 radical (unpaired) electrons. The summed E-state index contributed by atoms with van der Waals surface area (Å²) in [6, 6.07) is 0. The Balaban J connectivity index is 0. The maximum atomic E-state index is 2.30. The smallest absolute Gasteiger partial charge is 1.00 e. The van der Waals surface area contributed by atoms with Gasteiger partial charge in [-0.2, -0.15) is 0 Å². The molecule has 0 aliphatic carbocycles. The zero-order chi connectivity index (χ0) is 5.86. The van der Waals surface area contributed by atoms with Gasteiger partial charge < -0.3 is 24.0 Å². The molecule has 0 aromatic rings. The van der Waals surface area contributed by atoms with Crippen LogP contribution < -0.4 is 24.0 Å². The molecule has 0 unspecified atom stereocenters. The van der Waals surface area contributed by atoms with Gasteiger partial charge in [0, 0.05) is 0 Å². The Morgan fingerprint density at radius 3 is 1.12 bits per heavy atom. The van der Waals surface area contributed by atoms with Gasteiger partial charge in [0.1, 0.15) is 0 Å². The standard InChI is InChI=1S/2C3H7.Al.HI/c2*1-3-2;;/h2*3H,1-2H3;;1H/q;;+1;/p-1. The molecule has 0 atom stereocenters. The van der Waals surface area contributed by atoms with Crippen LogP contribution in [0.1, 0.15) is 27.7 Å². The Bertz CT molecular complexity index is 37.8. The van der Waals surface area contributed by atoms with Gasteiger partial charge >= 0.3 is 52.5 Å². The van der Waals surface area contributed by atoms with E-state index in [0.717, 1.165) is 9.56 Å². The fourth-order valence-corrected chi connectivity index (χ4v) is 2.31. The summed E-state index contributed by atoms with van der Waals surface area (Å²) >= 11 is 0.713. The molecule has 0 heterocycles. The van der Waals surface area contributed by atoms with E-state index in [4.69, 9.17) is 0 Å². The zero-order valence-electron chi connectivity index (χ0n) is 6.11. The first kappa shape index (κ1) is 12.0. The Hall–Kier alpha value is 1.26. The molecule has 0 saturated heterocycles. The summed E-state index contributed by atoms with van der Waals surface area (Å²) < 4.78 is 1.92. The quantitative estimate of drug-likeness (QED) is 0.444. The van der Waals surface area contributed by atoms with Crippen LogP contribution in [0.2, 0.25) is 9.56 Å². The number of halogens is 1. The van der Waals surface area contributed by atoms with E-state index in [0.29, 0.717) is 15.2 Å². The minimum atomic E-state index is 0. The van der Waals surface area contributed by atoms with Crippen LogP contribution in [0.15, 0.2) is 0 Å². The normalized spacial score (nSPS) is 8.75. The molecule has 0 aromatic carbocycles. The molecule has 0 fully saturated rings. The summed E-state index contributed by atoms with van der Waals surface area (Å²) in [7, 11) is 0. The third-order valence-corrected chi connectivity index (χ3v) is 2.31. The van der Waals surface area contributed by atoms with Crippen LogP contribution in [0.5, 0.6) is 0 Å². The summed E-state index contributed by atoms with van der Waals surface area (Å²) in [5.74, 6) is 0. The molecule has 0 N–H and O–H groups in total. The van der Waals surface area contributed by atoms with Gasteiger partial charge in [0.25, 0.3) is 0 Å². The van der Waals surface area contributed by atoms with E-state index in [1.54, 1.807) is 0 Å². The summed E-state index contributed by atoms with van der Waals surface area (Å²) in [4.78, 5) is 0. The molecule has 0 amide bonds. The van der Waals surface area contributed by atoms with Crippen LogP contribution in [-0.2, 0) is 0 Å². The topological polar surface area (TPSA) is 0 Å². The van der Waals surface area contributed by atoms with Crippen LogP contribution in [0.25, 0.3) is 0 Å². The van der Waals surface area contributed by atoms with E-state index in [1.165, 1.54) is 0 Å². The molecule has 0 saturated carbocycles. The van der Waals surface area contributed by atoms with Crippen molar-refractivity contribution in [2.24, 2.45) is 0 Å². The average molecular weight is 240 g/mol. The predicted octanol–water partition coefficient (Wildman–Crippen LogP) is -0.649. The van der Waals surface area contributed by atoms with E-state index in [2.05, 4.69) is 27.7 Å². The van der Waals surface area contributed by atoms with Gasteiger partial charge in [0.15, 0.2) is 0 Å². The Labute approximate surface area is 76.2 Å². The monoisotopic (exact) mass is 240 g/mol. The minimum absolute atomic E-state index is 0. The van der Waals surface area contributed by atoms with Crippen LogP contribution in [0.4, 0.5) is 0 Å². The number of hydrogen-bond acceptors (Lipinski definition) is 0. The zero-order valence-corrected chi connectivity index (χ0v) is 9.42. The molecule has 48 valence electrons. The molecular weight excluding hydrogens is 226 g/mol. The van der Waals surface area contributed by atoms with Crippen molar-refractivity contribution in [1.82, 2.24) is 0 Å². The third kappa shape index (κ3) is 10.3. The molecule has 0 aromatic heterocycles. The summed E-state index contributed by atoms with van der Waals surface area (Å²) in [5.41, 5.74) is 0. The van der Waals surface area contributed by atoms with Crippen molar-refractivity contribution in [2.45, 2.75) is 37.3 Å². The largest absolute Gasteiger partial charge is 1.00 e. The molecule has 0 aliphatic heterocycles. The predicted molar refractivity (Wildman–Crippen MR) is 35.9 cm³/mol. The number of hydrogen-bond donors (Lipinski definition) is 0. The van der Waals surface area contributed by atoms with Gasteiger partial charge in [-0.1, -0.05) is 0 Å². The first-order valence-corrected chi connectivity index (χ1v) is 4.31. The van der Waals surface area contributed by atoms with Crippen molar-refractivity contribution in [2.75, 3.05) is 0 Å². The van der Waals surface area contributed by atoms with Gasteiger partial charge in [0.05, 0.1) is 0 Å². The van der Waals surface area contributed by atoms with Crippen LogP contribution in [0, 0.1) is 0 Å². The van der Waals surface area contributed by atoms with Gasteiger partial charge in [-0.15, -0.1) is 0 Å². The average Bonchev–Trinajstić information content (AvgIpc) is 1.27. The molecule has 0 nitrogen and oxygen atoms in total. The third-order valence-electron chi connectivity index (χ3n) is 0.770. The Kier molecular flexibility index (Phi) is 9.57. The summed E-state index contributed by atoms with van der Waals surface area (Å²) in [5, 5.41) is 0. The van der Waals surface area contributed by atoms with E-state index in [-0.39, 0.29) is 24.0 Å². The molecule has 0 aliphatic rings. The first-order chi connectivity index (χ1) is 3.13. The maximum absolute atomic E-state index is 2.30. The SMILES string of the molecule is C[CH](C)[Al+][CH](C)C.[I-]. The summed E-state index contributed by atoms with van der Waals surface area (Å²) in [6.07, 6.45) is 0. The van der Waals surface area contributed by atoms with Gasteiger partial charge in [-0.25, -0.2) is 0 Å². The van der Waals surface area contributed by atoms with Crippen molar-refractivity contribution in [3.05, 3.63) is 0 Å². The Morgan fingerprint density at radius 1 is 0.875 bits per heavy atom. The maximum Gasteiger partial charge on any atom is -1.00 e. The molecule has 2 heteroatoms. The van der Waals surface area contributed by atoms with Crippen molar-refractivity contribution >= 4 is 15.2 Å². The van der Waals surface area contributed by atoms with Crippen molar-refractivity contribution < 1.29 is 24.0 Å². The molecular formula is C6H14AlI. The minimum Gasteiger partial charge on any atom is -1.00 e. The Morgan fingerprint density at radius 2 is 1.12 bits per heavy atom. The van der Waals surface area contributed by atoms with Gasteiger partial charge in [0.2, 0.25) is 0 Å². The van der Waals surface area contributed by atoms with E-state index in [9.17, 15) is 0 Å². The second-order valence-corrected chi connectivity index (χ2v) is 5.73. The second kappa shape index (κ2) is 6.38. The van der Waals surface area contributed by atoms with Gasteiger partial charge in [-0.3, -0.25) is 0 Å². The van der Waals surface area contributed by atoms with Crippen molar-refractivity contribution in [1.29, 1.82) is 0 Å². The first-order valence-electron chi connectivity index (χ1n) is 2.98. The molecule has 0 rings (SSSR count). The number of rotatable bonds is 2. The fourth-order valence-electron chi connectivity index (χ4n) is 0.770. The van der Waals surface area contributed by atoms with Gasteiger partial charge in [-0.05, 0) is 0 Å². The summed E-state index contributed by atoms with van der Waals surface area (Å²) in [6.45, 7) is 9.20. The van der Waals surface area contributed by atoms with Crippen LogP contribution in [-0.4, -0.2) is 15.2 Å². The van der Waals surface area contributed by atoms with Crippen LogP contribution >= 0.6 is 0 Å². The van der Waals surface area contributed by atoms with E-state index < -0.39 is 0 Å². The van der Waals surface area contributed by atoms with Crippen molar-refractivity contribution in [3.8, 4) is 0 Å². The van der Waals surface area contributed by atoms with E-state index in [1.807, 2.05) is 0 Å². The molecule has 0 bridgehead atoms. The fraction of sp³-hybridized carbons (Fsp3) is 1.00. The molecule has 8 heavy (non-hydrogen) atoms. The van der Waals surface area contributed by atoms with Crippen molar-refractivity contribution in [3.63, 3.8) is 0 Å². The second-order valence-electron chi connectivity index (χ2n) is 2.68.